The summed E-state index contributed by atoms with van der Waals surface area (Å²) in [5.41, 5.74) is 3.45. The molecule has 1 heterocycles. The minimum absolute atomic E-state index is 0.141. The molecular formula is C20H23N5O2. The minimum Gasteiger partial charge on any atom is -0.394 e. The first-order valence-electron chi connectivity index (χ1n) is 8.77. The molecule has 3 aromatic rings. The van der Waals surface area contributed by atoms with Gasteiger partial charge in [0, 0.05) is 11.3 Å². The van der Waals surface area contributed by atoms with E-state index in [0.717, 1.165) is 22.5 Å². The van der Waals surface area contributed by atoms with Gasteiger partial charge in [0.15, 0.2) is 5.82 Å². The van der Waals surface area contributed by atoms with Gasteiger partial charge in [-0.2, -0.15) is 5.10 Å². The summed E-state index contributed by atoms with van der Waals surface area (Å²) in [5, 5.41) is 22.2. The van der Waals surface area contributed by atoms with Crippen molar-refractivity contribution in [3.05, 3.63) is 65.5 Å². The van der Waals surface area contributed by atoms with Gasteiger partial charge in [0.05, 0.1) is 12.6 Å². The molecule has 0 fully saturated rings. The van der Waals surface area contributed by atoms with E-state index < -0.39 is 0 Å². The van der Waals surface area contributed by atoms with Crippen LogP contribution in [0.15, 0.2) is 48.5 Å². The number of carbonyl (C=O) groups is 1. The molecule has 7 heteroatoms. The highest BCUT2D eigenvalue weighted by Crippen LogP contribution is 2.23. The molecule has 140 valence electrons. The van der Waals surface area contributed by atoms with E-state index in [1.807, 2.05) is 62.4 Å². The summed E-state index contributed by atoms with van der Waals surface area (Å²) in [6.07, 6.45) is 0.556. The fourth-order valence-corrected chi connectivity index (χ4v) is 2.77. The first-order chi connectivity index (χ1) is 13.0. The maximum Gasteiger partial charge on any atom is 0.319 e. The molecule has 0 unspecified atom stereocenters. The Bertz CT molecular complexity index is 908. The maximum atomic E-state index is 12.4. The highest BCUT2D eigenvalue weighted by Gasteiger charge is 2.14. The van der Waals surface area contributed by atoms with Gasteiger partial charge in [-0.3, -0.25) is 5.10 Å². The Balaban J connectivity index is 1.67. The number of aliphatic hydroxyl groups excluding tert-OH is 1. The maximum absolute atomic E-state index is 12.4. The summed E-state index contributed by atoms with van der Waals surface area (Å²) >= 11 is 0. The van der Waals surface area contributed by atoms with Crippen LogP contribution in [-0.2, 0) is 6.42 Å². The lowest BCUT2D eigenvalue weighted by molar-refractivity contribution is 0.224. The monoisotopic (exact) mass is 365 g/mol. The number of aromatic nitrogens is 3. The van der Waals surface area contributed by atoms with Crippen LogP contribution < -0.4 is 10.6 Å². The number of aliphatic hydroxyl groups is 1. The quantitative estimate of drug-likeness (QED) is 0.539. The van der Waals surface area contributed by atoms with Crippen molar-refractivity contribution in [2.24, 2.45) is 0 Å². The van der Waals surface area contributed by atoms with Crippen LogP contribution in [0.1, 0.15) is 17.0 Å². The first kappa shape index (κ1) is 18.6. The fourth-order valence-electron chi connectivity index (χ4n) is 2.77. The molecule has 0 spiro atoms. The number of H-pyrrole nitrogens is 1. The minimum atomic E-state index is -0.369. The molecule has 27 heavy (non-hydrogen) atoms. The van der Waals surface area contributed by atoms with Crippen molar-refractivity contribution < 1.29 is 9.90 Å². The van der Waals surface area contributed by atoms with Crippen LogP contribution in [-0.4, -0.2) is 39.0 Å². The van der Waals surface area contributed by atoms with Gasteiger partial charge >= 0.3 is 6.03 Å². The molecule has 1 aromatic heterocycles. The van der Waals surface area contributed by atoms with Gasteiger partial charge in [0.1, 0.15) is 5.82 Å². The zero-order chi connectivity index (χ0) is 19.2. The van der Waals surface area contributed by atoms with Crippen molar-refractivity contribution in [1.82, 2.24) is 20.5 Å². The Labute approximate surface area is 157 Å². The number of carbonyl (C=O) groups excluding carboxylic acids is 1. The Hall–Kier alpha value is -3.19. The van der Waals surface area contributed by atoms with Gasteiger partial charge in [-0.25, -0.2) is 9.78 Å². The van der Waals surface area contributed by atoms with E-state index in [1.165, 1.54) is 0 Å². The summed E-state index contributed by atoms with van der Waals surface area (Å²) in [6, 6.07) is 14.7. The van der Waals surface area contributed by atoms with Crippen LogP contribution >= 0.6 is 0 Å². The number of benzene rings is 2. The van der Waals surface area contributed by atoms with Gasteiger partial charge in [0.25, 0.3) is 0 Å². The number of hydrogen-bond acceptors (Lipinski definition) is 4. The van der Waals surface area contributed by atoms with Gasteiger partial charge in [-0.1, -0.05) is 42.5 Å². The lowest BCUT2D eigenvalue weighted by Crippen LogP contribution is -2.41. The van der Waals surface area contributed by atoms with Gasteiger partial charge in [0.2, 0.25) is 0 Å². The molecule has 2 amide bonds. The summed E-state index contributed by atoms with van der Waals surface area (Å²) in [7, 11) is 0. The number of nitrogens with one attached hydrogen (secondary N) is 3. The van der Waals surface area contributed by atoms with Crippen molar-refractivity contribution in [1.29, 1.82) is 0 Å². The van der Waals surface area contributed by atoms with Crippen molar-refractivity contribution in [2.45, 2.75) is 26.3 Å². The number of nitrogens with zero attached hydrogens (tertiary/aromatic N) is 2. The molecule has 0 radical (unpaired) electrons. The third kappa shape index (κ3) is 4.92. The van der Waals surface area contributed by atoms with Crippen LogP contribution in [0, 0.1) is 13.8 Å². The van der Waals surface area contributed by atoms with Crippen LogP contribution in [0.2, 0.25) is 0 Å². The van der Waals surface area contributed by atoms with Crippen LogP contribution in [0.5, 0.6) is 0 Å². The molecule has 0 aliphatic carbocycles. The predicted octanol–water partition coefficient (Wildman–Crippen LogP) is 2.81. The number of anilines is 1. The van der Waals surface area contributed by atoms with Crippen molar-refractivity contribution >= 4 is 11.7 Å². The molecule has 3 rings (SSSR count). The van der Waals surface area contributed by atoms with E-state index in [9.17, 15) is 9.90 Å². The van der Waals surface area contributed by atoms with E-state index in [4.69, 9.17) is 0 Å². The Kier molecular flexibility index (Phi) is 5.83. The smallest absolute Gasteiger partial charge is 0.319 e. The lowest BCUT2D eigenvalue weighted by Gasteiger charge is -2.18. The standard InChI is InChI=1S/C20H23N5O2/c1-13-8-9-16(19-21-14(2)24-25-19)11-18(13)23-20(27)22-17(12-26)10-15-6-4-3-5-7-15/h3-9,11,17,26H,10,12H2,1-2H3,(H,21,24,25)(H2,22,23,27)/t17-/m0/s1. The van der Waals surface area contributed by atoms with Gasteiger partial charge in [-0.05, 0) is 37.5 Å². The zero-order valence-electron chi connectivity index (χ0n) is 15.4. The second kappa shape index (κ2) is 8.46. The molecule has 4 N–H and O–H groups in total. The third-order valence-electron chi connectivity index (χ3n) is 4.22. The normalized spacial score (nSPS) is 11.8. The van der Waals surface area contributed by atoms with Crippen LogP contribution in [0.4, 0.5) is 10.5 Å². The summed E-state index contributed by atoms with van der Waals surface area (Å²) in [5.74, 6) is 1.30. The van der Waals surface area contributed by atoms with E-state index >= 15 is 0 Å². The van der Waals surface area contributed by atoms with Gasteiger partial charge < -0.3 is 15.7 Å². The molecule has 0 saturated carbocycles. The number of rotatable bonds is 6. The predicted molar refractivity (Wildman–Crippen MR) is 104 cm³/mol. The topological polar surface area (TPSA) is 103 Å². The van der Waals surface area contributed by atoms with Gasteiger partial charge in [-0.15, -0.1) is 0 Å². The average Bonchev–Trinajstić information content (AvgIpc) is 3.10. The van der Waals surface area contributed by atoms with E-state index in [0.29, 0.717) is 17.9 Å². The molecule has 0 aliphatic heterocycles. The molecule has 2 aromatic carbocycles. The Morgan fingerprint density at radius 1 is 1.19 bits per heavy atom. The summed E-state index contributed by atoms with van der Waals surface area (Å²) < 4.78 is 0. The van der Waals surface area contributed by atoms with E-state index in [-0.39, 0.29) is 18.7 Å². The second-order valence-corrected chi connectivity index (χ2v) is 6.44. The molecule has 7 nitrogen and oxygen atoms in total. The highest BCUT2D eigenvalue weighted by molar-refractivity contribution is 5.91. The Morgan fingerprint density at radius 3 is 2.63 bits per heavy atom. The van der Waals surface area contributed by atoms with Crippen molar-refractivity contribution in [2.75, 3.05) is 11.9 Å². The van der Waals surface area contributed by atoms with Crippen molar-refractivity contribution in [3.63, 3.8) is 0 Å². The van der Waals surface area contributed by atoms with Crippen molar-refractivity contribution in [3.8, 4) is 11.4 Å². The van der Waals surface area contributed by atoms with Crippen LogP contribution in [0.25, 0.3) is 11.4 Å². The third-order valence-corrected chi connectivity index (χ3v) is 4.22. The number of hydrogen-bond donors (Lipinski definition) is 4. The van der Waals surface area contributed by atoms with E-state index in [2.05, 4.69) is 25.8 Å². The first-order valence-corrected chi connectivity index (χ1v) is 8.77. The van der Waals surface area contributed by atoms with E-state index in [1.54, 1.807) is 0 Å². The van der Waals surface area contributed by atoms with Crippen LogP contribution in [0.3, 0.4) is 0 Å². The molecule has 0 bridgehead atoms. The fraction of sp³-hybridized carbons (Fsp3) is 0.250. The summed E-state index contributed by atoms with van der Waals surface area (Å²) in [4.78, 5) is 16.7. The zero-order valence-corrected chi connectivity index (χ0v) is 15.4. The average molecular weight is 365 g/mol. The number of aromatic amines is 1. The largest absolute Gasteiger partial charge is 0.394 e. The SMILES string of the molecule is Cc1nc(-c2ccc(C)c(NC(=O)N[C@H](CO)Cc3ccccc3)c2)n[nH]1. The Morgan fingerprint density at radius 2 is 1.96 bits per heavy atom. The molecule has 1 atom stereocenters. The molecule has 0 aliphatic rings. The number of urea groups is 1. The molecule has 0 saturated heterocycles. The summed E-state index contributed by atoms with van der Waals surface area (Å²) in [6.45, 7) is 3.60. The molecular weight excluding hydrogens is 342 g/mol. The number of aryl methyl sites for hydroxylation is 2. The number of amides is 2. The highest BCUT2D eigenvalue weighted by atomic mass is 16.3. The second-order valence-electron chi connectivity index (χ2n) is 6.44. The lowest BCUT2D eigenvalue weighted by atomic mass is 10.1.